The first-order valence-corrected chi connectivity index (χ1v) is 9.75. The third kappa shape index (κ3) is 5.41. The van der Waals surface area contributed by atoms with Gasteiger partial charge in [0.15, 0.2) is 0 Å². The van der Waals surface area contributed by atoms with E-state index in [0.29, 0.717) is 6.61 Å². The Balaban J connectivity index is 1.63. The zero-order valence-corrected chi connectivity index (χ0v) is 16.4. The average molecular weight is 367 g/mol. The predicted octanol–water partition coefficient (Wildman–Crippen LogP) is 3.80. The molecule has 1 fully saturated rings. The molecule has 1 N–H and O–H groups in total. The molecule has 0 aliphatic carbocycles. The number of hydrogen-bond acceptors (Lipinski definition) is 3. The molecular weight excluding hydrogens is 336 g/mol. The van der Waals surface area contributed by atoms with E-state index in [2.05, 4.69) is 41.4 Å². The number of ether oxygens (including phenoxy) is 1. The molecule has 0 radical (unpaired) electrons. The lowest BCUT2D eigenvalue weighted by Crippen LogP contribution is -2.55. The van der Waals surface area contributed by atoms with E-state index in [4.69, 9.17) is 4.74 Å². The normalized spacial score (nSPS) is 16.8. The van der Waals surface area contributed by atoms with Crippen LogP contribution in [0.5, 0.6) is 0 Å². The van der Waals surface area contributed by atoms with Crippen molar-refractivity contribution in [2.45, 2.75) is 38.3 Å². The smallest absolute Gasteiger partial charge is 0.251 e. The fourth-order valence-corrected chi connectivity index (χ4v) is 3.85. The Kier molecular flexibility index (Phi) is 6.64. The quantitative estimate of drug-likeness (QED) is 0.810. The van der Waals surface area contributed by atoms with E-state index < -0.39 is 0 Å². The van der Waals surface area contributed by atoms with Crippen molar-refractivity contribution in [2.75, 3.05) is 26.8 Å². The zero-order valence-electron chi connectivity index (χ0n) is 16.4. The van der Waals surface area contributed by atoms with Gasteiger partial charge in [-0.15, -0.1) is 0 Å². The summed E-state index contributed by atoms with van der Waals surface area (Å²) in [5, 5.41) is 3.33. The number of amides is 1. The molecule has 1 aliphatic heterocycles. The molecule has 4 nitrogen and oxygen atoms in total. The number of methoxy groups -OCH3 is 1. The minimum absolute atomic E-state index is 0.0128. The van der Waals surface area contributed by atoms with E-state index in [0.717, 1.165) is 44.5 Å². The van der Waals surface area contributed by atoms with Gasteiger partial charge in [-0.3, -0.25) is 9.69 Å². The topological polar surface area (TPSA) is 41.6 Å². The van der Waals surface area contributed by atoms with Gasteiger partial charge in [-0.05, 0) is 43.9 Å². The number of hydrogen-bond donors (Lipinski definition) is 1. The minimum Gasteiger partial charge on any atom is -0.385 e. The van der Waals surface area contributed by atoms with E-state index in [9.17, 15) is 4.79 Å². The third-order valence-electron chi connectivity index (χ3n) is 5.50. The first-order valence-electron chi connectivity index (χ1n) is 9.75. The minimum atomic E-state index is -0.188. The number of carbonyl (C=O) groups excluding carboxylic acids is 1. The van der Waals surface area contributed by atoms with Crippen molar-refractivity contribution in [3.8, 4) is 0 Å². The molecule has 1 aliphatic rings. The third-order valence-corrected chi connectivity index (χ3v) is 5.50. The number of nitrogens with zero attached hydrogens (tertiary/aromatic N) is 1. The number of piperidine rings is 1. The SMILES string of the molecule is COCCC1(NC(=O)c2ccccc2)CCN(Cc2cccc(C)c2)CC1. The van der Waals surface area contributed by atoms with Crippen LogP contribution in [0.1, 0.15) is 40.7 Å². The van der Waals surface area contributed by atoms with Gasteiger partial charge in [0.05, 0.1) is 0 Å². The number of benzene rings is 2. The van der Waals surface area contributed by atoms with E-state index >= 15 is 0 Å². The number of aryl methyl sites for hydroxylation is 1. The van der Waals surface area contributed by atoms with Crippen LogP contribution < -0.4 is 5.32 Å². The predicted molar refractivity (Wildman–Crippen MR) is 109 cm³/mol. The molecule has 0 atom stereocenters. The van der Waals surface area contributed by atoms with Gasteiger partial charge in [-0.1, -0.05) is 48.0 Å². The molecule has 1 amide bonds. The van der Waals surface area contributed by atoms with Crippen LogP contribution >= 0.6 is 0 Å². The molecule has 1 heterocycles. The van der Waals surface area contributed by atoms with Gasteiger partial charge >= 0.3 is 0 Å². The average Bonchev–Trinajstić information content (AvgIpc) is 2.69. The van der Waals surface area contributed by atoms with Gasteiger partial charge in [0.2, 0.25) is 0 Å². The molecule has 2 aromatic carbocycles. The van der Waals surface area contributed by atoms with Crippen molar-refractivity contribution in [2.24, 2.45) is 0 Å². The maximum Gasteiger partial charge on any atom is 0.251 e. The van der Waals surface area contributed by atoms with Crippen LogP contribution in [0.3, 0.4) is 0 Å². The number of likely N-dealkylation sites (tertiary alicyclic amines) is 1. The number of nitrogens with one attached hydrogen (secondary N) is 1. The molecule has 144 valence electrons. The van der Waals surface area contributed by atoms with E-state index in [1.54, 1.807) is 7.11 Å². The lowest BCUT2D eigenvalue weighted by atomic mass is 9.84. The monoisotopic (exact) mass is 366 g/mol. The second-order valence-corrected chi connectivity index (χ2v) is 7.61. The Morgan fingerprint density at radius 2 is 1.85 bits per heavy atom. The first-order chi connectivity index (χ1) is 13.1. The second-order valence-electron chi connectivity index (χ2n) is 7.61. The van der Waals surface area contributed by atoms with Gasteiger partial charge in [-0.25, -0.2) is 0 Å². The Morgan fingerprint density at radius 1 is 1.11 bits per heavy atom. The fourth-order valence-electron chi connectivity index (χ4n) is 3.85. The van der Waals surface area contributed by atoms with Gasteiger partial charge < -0.3 is 10.1 Å². The van der Waals surface area contributed by atoms with Crippen LogP contribution in [0.4, 0.5) is 0 Å². The van der Waals surface area contributed by atoms with E-state index in [1.807, 2.05) is 30.3 Å². The molecule has 27 heavy (non-hydrogen) atoms. The number of rotatable bonds is 7. The summed E-state index contributed by atoms with van der Waals surface area (Å²) in [5.41, 5.74) is 3.18. The Labute approximate surface area is 162 Å². The number of carbonyl (C=O) groups is 1. The van der Waals surface area contributed by atoms with Crippen LogP contribution in [0.2, 0.25) is 0 Å². The summed E-state index contributed by atoms with van der Waals surface area (Å²) < 4.78 is 5.33. The van der Waals surface area contributed by atoms with Crippen LogP contribution in [0, 0.1) is 6.92 Å². The van der Waals surface area contributed by atoms with Crippen molar-refractivity contribution in [1.82, 2.24) is 10.2 Å². The molecule has 0 bridgehead atoms. The van der Waals surface area contributed by atoms with Crippen molar-refractivity contribution in [3.05, 3.63) is 71.3 Å². The van der Waals surface area contributed by atoms with Crippen LogP contribution in [0.15, 0.2) is 54.6 Å². The van der Waals surface area contributed by atoms with Crippen LogP contribution in [-0.4, -0.2) is 43.2 Å². The highest BCUT2D eigenvalue weighted by Crippen LogP contribution is 2.27. The fraction of sp³-hybridized carbons (Fsp3) is 0.435. The van der Waals surface area contributed by atoms with Gasteiger partial charge in [0.25, 0.3) is 5.91 Å². The maximum atomic E-state index is 12.7. The van der Waals surface area contributed by atoms with Crippen LogP contribution in [-0.2, 0) is 11.3 Å². The summed E-state index contributed by atoms with van der Waals surface area (Å²) >= 11 is 0. The molecule has 2 aromatic rings. The summed E-state index contributed by atoms with van der Waals surface area (Å²) in [6, 6.07) is 18.2. The molecule has 0 aromatic heterocycles. The highest BCUT2D eigenvalue weighted by atomic mass is 16.5. The van der Waals surface area contributed by atoms with Crippen molar-refractivity contribution in [1.29, 1.82) is 0 Å². The summed E-state index contributed by atoms with van der Waals surface area (Å²) in [4.78, 5) is 15.2. The lowest BCUT2D eigenvalue weighted by Gasteiger charge is -2.42. The molecule has 0 spiro atoms. The Bertz CT molecular complexity index is 737. The lowest BCUT2D eigenvalue weighted by molar-refractivity contribution is 0.0691. The standard InChI is InChI=1S/C23H30N2O2/c1-19-7-6-8-20(17-19)18-25-14-11-23(12-15-25,13-16-27-2)24-22(26)21-9-4-3-5-10-21/h3-10,17H,11-16,18H2,1-2H3,(H,24,26). The van der Waals surface area contributed by atoms with Crippen molar-refractivity contribution >= 4 is 5.91 Å². The Morgan fingerprint density at radius 3 is 2.52 bits per heavy atom. The summed E-state index contributed by atoms with van der Waals surface area (Å²) in [7, 11) is 1.72. The van der Waals surface area contributed by atoms with Gasteiger partial charge in [0, 0.05) is 44.5 Å². The highest BCUT2D eigenvalue weighted by Gasteiger charge is 2.35. The van der Waals surface area contributed by atoms with Crippen molar-refractivity contribution in [3.63, 3.8) is 0 Å². The molecule has 4 heteroatoms. The molecule has 0 saturated carbocycles. The van der Waals surface area contributed by atoms with Crippen LogP contribution in [0.25, 0.3) is 0 Å². The maximum absolute atomic E-state index is 12.7. The zero-order chi connectivity index (χ0) is 19.1. The summed E-state index contributed by atoms with van der Waals surface area (Å²) in [5.74, 6) is 0.0128. The Hall–Kier alpha value is -2.17. The second kappa shape index (κ2) is 9.16. The van der Waals surface area contributed by atoms with E-state index in [1.165, 1.54) is 11.1 Å². The molecule has 0 unspecified atom stereocenters. The van der Waals surface area contributed by atoms with E-state index in [-0.39, 0.29) is 11.4 Å². The summed E-state index contributed by atoms with van der Waals surface area (Å²) in [6.07, 6.45) is 2.74. The largest absolute Gasteiger partial charge is 0.385 e. The molecule has 1 saturated heterocycles. The molecular formula is C23H30N2O2. The summed E-state index contributed by atoms with van der Waals surface area (Å²) in [6.45, 7) is 5.72. The molecule has 3 rings (SSSR count). The highest BCUT2D eigenvalue weighted by molar-refractivity contribution is 5.94. The van der Waals surface area contributed by atoms with Crippen molar-refractivity contribution < 1.29 is 9.53 Å². The van der Waals surface area contributed by atoms with Gasteiger partial charge in [0.1, 0.15) is 0 Å². The van der Waals surface area contributed by atoms with Gasteiger partial charge in [-0.2, -0.15) is 0 Å². The first kappa shape index (κ1) is 19.6.